The predicted octanol–water partition coefficient (Wildman–Crippen LogP) is 2.66. The molecule has 0 saturated heterocycles. The zero-order valence-corrected chi connectivity index (χ0v) is 6.68. The zero-order valence-electron chi connectivity index (χ0n) is 4.89. The van der Waals surface area contributed by atoms with Crippen molar-refractivity contribution in [2.24, 2.45) is 0 Å². The van der Waals surface area contributed by atoms with Crippen LogP contribution in [0, 0.1) is 0 Å². The lowest BCUT2D eigenvalue weighted by molar-refractivity contribution is 0.385. The van der Waals surface area contributed by atoms with E-state index >= 15 is 0 Å². The number of halogens is 1. The van der Waals surface area contributed by atoms with Crippen molar-refractivity contribution in [3.63, 3.8) is 0 Å². The van der Waals surface area contributed by atoms with Crippen LogP contribution in [0.2, 0.25) is 0 Å². The lowest BCUT2D eigenvalue weighted by Gasteiger charge is -2.09. The third kappa shape index (κ3) is 6.63. The van der Waals surface area contributed by atoms with E-state index in [9.17, 15) is 4.39 Å². The first-order chi connectivity index (χ1) is 3.56. The molecule has 0 amide bonds. The van der Waals surface area contributed by atoms with Gasteiger partial charge in [0.25, 0.3) is 0 Å². The molecule has 0 spiro atoms. The maximum atomic E-state index is 12.3. The standard InChI is InChI=1S/C5H11FS2/c1-2-3-4-5(6,7)8/h7-8H,2-4H2,1H3. The molecular formula is C5H11FS2. The molecule has 0 radical (unpaired) electrons. The van der Waals surface area contributed by atoms with Gasteiger partial charge >= 0.3 is 0 Å². The van der Waals surface area contributed by atoms with Crippen LogP contribution in [-0.2, 0) is 0 Å². The van der Waals surface area contributed by atoms with Crippen LogP contribution in [0.25, 0.3) is 0 Å². The summed E-state index contributed by atoms with van der Waals surface area (Å²) < 4.78 is 10.7. The van der Waals surface area contributed by atoms with Crippen LogP contribution >= 0.6 is 25.3 Å². The summed E-state index contributed by atoms with van der Waals surface area (Å²) in [5.41, 5.74) is 0. The third-order valence-corrected chi connectivity index (χ3v) is 1.30. The zero-order chi connectivity index (χ0) is 6.62. The first-order valence-electron chi connectivity index (χ1n) is 2.70. The average Bonchev–Trinajstić information content (AvgIpc) is 1.59. The Labute approximate surface area is 60.7 Å². The Morgan fingerprint density at radius 2 is 2.00 bits per heavy atom. The fourth-order valence-corrected chi connectivity index (χ4v) is 0.718. The summed E-state index contributed by atoms with van der Waals surface area (Å²) in [5, 5.41) is 0. The molecule has 0 aliphatic carbocycles. The summed E-state index contributed by atoms with van der Waals surface area (Å²) in [5.74, 6) is 0. The Morgan fingerprint density at radius 3 is 2.12 bits per heavy atom. The van der Waals surface area contributed by atoms with Crippen LogP contribution in [-0.4, -0.2) is 4.33 Å². The Hall–Kier alpha value is 0.630. The van der Waals surface area contributed by atoms with Gasteiger partial charge < -0.3 is 0 Å². The monoisotopic (exact) mass is 154 g/mol. The Balaban J connectivity index is 3.11. The van der Waals surface area contributed by atoms with E-state index in [-0.39, 0.29) is 0 Å². The average molecular weight is 154 g/mol. The van der Waals surface area contributed by atoms with Crippen molar-refractivity contribution in [3.05, 3.63) is 0 Å². The van der Waals surface area contributed by atoms with Crippen LogP contribution in [0.3, 0.4) is 0 Å². The van der Waals surface area contributed by atoms with Crippen LogP contribution in [0.5, 0.6) is 0 Å². The second-order valence-electron chi connectivity index (χ2n) is 1.82. The third-order valence-electron chi connectivity index (χ3n) is 0.848. The topological polar surface area (TPSA) is 0 Å². The second-order valence-corrected chi connectivity index (χ2v) is 3.59. The van der Waals surface area contributed by atoms with Crippen molar-refractivity contribution in [1.29, 1.82) is 0 Å². The van der Waals surface area contributed by atoms with Gasteiger partial charge in [-0.3, -0.25) is 0 Å². The Kier molecular flexibility index (Phi) is 3.90. The van der Waals surface area contributed by atoms with Gasteiger partial charge in [-0.15, -0.1) is 25.3 Å². The first-order valence-corrected chi connectivity index (χ1v) is 3.59. The number of hydrogen-bond donors (Lipinski definition) is 2. The van der Waals surface area contributed by atoms with E-state index in [0.717, 1.165) is 12.8 Å². The van der Waals surface area contributed by atoms with Gasteiger partial charge in [0.1, 0.15) is 0 Å². The van der Waals surface area contributed by atoms with Gasteiger partial charge in [0.2, 0.25) is 0 Å². The molecule has 0 rings (SSSR count). The molecule has 0 aliphatic rings. The summed E-state index contributed by atoms with van der Waals surface area (Å²) in [4.78, 5) is 0. The Bertz CT molecular complexity index is 57.9. The molecule has 0 fully saturated rings. The first kappa shape index (κ1) is 8.63. The van der Waals surface area contributed by atoms with Crippen LogP contribution < -0.4 is 0 Å². The van der Waals surface area contributed by atoms with E-state index in [2.05, 4.69) is 25.3 Å². The van der Waals surface area contributed by atoms with E-state index in [0.29, 0.717) is 6.42 Å². The lowest BCUT2D eigenvalue weighted by atomic mass is 10.3. The Morgan fingerprint density at radius 1 is 1.50 bits per heavy atom. The highest BCUT2D eigenvalue weighted by atomic mass is 32.2. The molecule has 8 heavy (non-hydrogen) atoms. The number of rotatable bonds is 3. The SMILES string of the molecule is CCCCC(F)(S)S. The lowest BCUT2D eigenvalue weighted by Crippen LogP contribution is -2.02. The fourth-order valence-electron chi connectivity index (χ4n) is 0.402. The molecule has 0 aromatic carbocycles. The normalized spacial score (nSPS) is 12.0. The van der Waals surface area contributed by atoms with Gasteiger partial charge in [0, 0.05) is 6.42 Å². The van der Waals surface area contributed by atoms with Crippen molar-refractivity contribution in [2.45, 2.75) is 30.5 Å². The van der Waals surface area contributed by atoms with Gasteiger partial charge in [-0.25, -0.2) is 4.39 Å². The van der Waals surface area contributed by atoms with Crippen LogP contribution in [0.4, 0.5) is 4.39 Å². The van der Waals surface area contributed by atoms with Gasteiger partial charge in [0.05, 0.1) is 0 Å². The molecule has 0 aromatic heterocycles. The summed E-state index contributed by atoms with van der Waals surface area (Å²) >= 11 is 7.17. The maximum Gasteiger partial charge on any atom is 0.196 e. The molecule has 0 bridgehead atoms. The van der Waals surface area contributed by atoms with E-state index in [1.54, 1.807) is 0 Å². The molecule has 3 heteroatoms. The summed E-state index contributed by atoms with van der Waals surface area (Å²) in [6.45, 7) is 2.01. The van der Waals surface area contributed by atoms with Crippen LogP contribution in [0.15, 0.2) is 0 Å². The van der Waals surface area contributed by atoms with E-state index < -0.39 is 4.33 Å². The molecule has 50 valence electrons. The van der Waals surface area contributed by atoms with Crippen molar-refractivity contribution < 1.29 is 4.39 Å². The second kappa shape index (κ2) is 3.62. The summed E-state index contributed by atoms with van der Waals surface area (Å²) in [6.07, 6.45) is 2.27. The fraction of sp³-hybridized carbons (Fsp3) is 1.00. The van der Waals surface area contributed by atoms with E-state index in [1.165, 1.54) is 0 Å². The van der Waals surface area contributed by atoms with Gasteiger partial charge in [-0.05, 0) is 6.42 Å². The number of thiol groups is 2. The summed E-state index contributed by atoms with van der Waals surface area (Å²) in [6, 6.07) is 0. The van der Waals surface area contributed by atoms with Crippen molar-refractivity contribution in [2.75, 3.05) is 0 Å². The minimum Gasteiger partial charge on any atom is -0.220 e. The van der Waals surface area contributed by atoms with Crippen LogP contribution in [0.1, 0.15) is 26.2 Å². The molecule has 0 unspecified atom stereocenters. The maximum absolute atomic E-state index is 12.3. The largest absolute Gasteiger partial charge is 0.220 e. The van der Waals surface area contributed by atoms with Gasteiger partial charge in [-0.2, -0.15) is 0 Å². The number of alkyl halides is 1. The summed E-state index contributed by atoms with van der Waals surface area (Å²) in [7, 11) is 0. The molecule has 0 saturated carbocycles. The molecule has 0 aliphatic heterocycles. The molecule has 0 N–H and O–H groups in total. The predicted molar refractivity (Wildman–Crippen MR) is 41.3 cm³/mol. The highest BCUT2D eigenvalue weighted by Gasteiger charge is 2.15. The minimum atomic E-state index is -1.56. The molecule has 0 atom stereocenters. The van der Waals surface area contributed by atoms with Crippen molar-refractivity contribution in [1.82, 2.24) is 0 Å². The van der Waals surface area contributed by atoms with Gasteiger partial charge in [-0.1, -0.05) is 13.3 Å². The van der Waals surface area contributed by atoms with E-state index in [1.807, 2.05) is 6.92 Å². The highest BCUT2D eigenvalue weighted by Crippen LogP contribution is 2.27. The number of unbranched alkanes of at least 4 members (excludes halogenated alkanes) is 1. The molecule has 0 nitrogen and oxygen atoms in total. The van der Waals surface area contributed by atoms with Crippen molar-refractivity contribution >= 4 is 25.3 Å². The van der Waals surface area contributed by atoms with Crippen molar-refractivity contribution in [3.8, 4) is 0 Å². The number of hydrogen-bond acceptors (Lipinski definition) is 2. The smallest absolute Gasteiger partial charge is 0.196 e. The minimum absolute atomic E-state index is 0.426. The van der Waals surface area contributed by atoms with E-state index in [4.69, 9.17) is 0 Å². The molecular weight excluding hydrogens is 143 g/mol. The quantitative estimate of drug-likeness (QED) is 0.453. The molecule has 0 aromatic rings. The molecule has 0 heterocycles. The highest BCUT2D eigenvalue weighted by molar-refractivity contribution is 8.00. The van der Waals surface area contributed by atoms with Gasteiger partial charge in [0.15, 0.2) is 4.33 Å².